The average molecular weight is 285 g/mol. The van der Waals surface area contributed by atoms with Crippen LogP contribution in [-0.2, 0) is 17.8 Å². The zero-order valence-corrected chi connectivity index (χ0v) is 11.8. The molecule has 2 aromatic heterocycles. The largest absolute Gasteiger partial charge is 0.480 e. The Kier molecular flexibility index (Phi) is 3.01. The van der Waals surface area contributed by atoms with Gasteiger partial charge in [-0.3, -0.25) is 9.59 Å². The molecule has 3 aromatic rings. The predicted molar refractivity (Wildman–Crippen MR) is 78.7 cm³/mol. The van der Waals surface area contributed by atoms with Gasteiger partial charge in [0, 0.05) is 11.3 Å². The van der Waals surface area contributed by atoms with E-state index in [1.54, 1.807) is 11.5 Å². The molecule has 6 heteroatoms. The zero-order chi connectivity index (χ0) is 15.1. The summed E-state index contributed by atoms with van der Waals surface area (Å²) in [5, 5.41) is 9.12. The van der Waals surface area contributed by atoms with E-state index in [4.69, 9.17) is 5.11 Å². The van der Waals surface area contributed by atoms with Gasteiger partial charge in [-0.1, -0.05) is 19.1 Å². The lowest BCUT2D eigenvalue weighted by molar-refractivity contribution is -0.137. The van der Waals surface area contributed by atoms with E-state index in [1.807, 2.05) is 31.2 Å². The highest BCUT2D eigenvalue weighted by Gasteiger charge is 2.18. The van der Waals surface area contributed by atoms with E-state index in [0.717, 1.165) is 0 Å². The van der Waals surface area contributed by atoms with Crippen LogP contribution < -0.4 is 5.56 Å². The van der Waals surface area contributed by atoms with Gasteiger partial charge in [-0.15, -0.1) is 0 Å². The maximum Gasteiger partial charge on any atom is 0.323 e. The fourth-order valence-corrected chi connectivity index (χ4v) is 2.73. The van der Waals surface area contributed by atoms with Gasteiger partial charge in [0.15, 0.2) is 0 Å². The normalized spacial score (nSPS) is 11.3. The standard InChI is InChI=1S/C15H15N3O3/c1-3-10-9(2)17(8-13(19)20)15-16-11-6-4-5-7-12(11)18(15)14(10)21/h4-7H,3,8H2,1-2H3,(H,19,20). The minimum atomic E-state index is -0.960. The number of aromatic nitrogens is 3. The lowest BCUT2D eigenvalue weighted by atomic mass is 10.2. The Bertz CT molecular complexity index is 921. The number of carboxylic acid groups (broad SMARTS) is 1. The highest BCUT2D eigenvalue weighted by Crippen LogP contribution is 2.17. The summed E-state index contributed by atoms with van der Waals surface area (Å²) in [6, 6.07) is 7.31. The van der Waals surface area contributed by atoms with Crippen LogP contribution in [0, 0.1) is 6.92 Å². The molecule has 0 spiro atoms. The SMILES string of the molecule is CCc1c(C)n(CC(=O)O)c2nc3ccccc3n2c1=O. The Hall–Kier alpha value is -2.63. The second-order valence-electron chi connectivity index (χ2n) is 4.94. The summed E-state index contributed by atoms with van der Waals surface area (Å²) in [6.45, 7) is 3.44. The fraction of sp³-hybridized carbons (Fsp3) is 0.267. The van der Waals surface area contributed by atoms with Crippen LogP contribution >= 0.6 is 0 Å². The first-order valence-corrected chi connectivity index (χ1v) is 6.75. The lowest BCUT2D eigenvalue weighted by Crippen LogP contribution is -2.26. The third-order valence-electron chi connectivity index (χ3n) is 3.73. The molecule has 0 bridgehead atoms. The summed E-state index contributed by atoms with van der Waals surface area (Å²) in [6.07, 6.45) is 0.548. The minimum absolute atomic E-state index is 0.125. The number of para-hydroxylation sites is 2. The molecule has 108 valence electrons. The third kappa shape index (κ3) is 1.91. The number of rotatable bonds is 3. The number of hydrogen-bond acceptors (Lipinski definition) is 3. The number of imidazole rings is 1. The molecule has 0 aliphatic rings. The van der Waals surface area contributed by atoms with Crippen LogP contribution in [0.5, 0.6) is 0 Å². The second kappa shape index (κ2) is 4.73. The lowest BCUT2D eigenvalue weighted by Gasteiger charge is -2.13. The van der Waals surface area contributed by atoms with Crippen molar-refractivity contribution in [1.29, 1.82) is 0 Å². The van der Waals surface area contributed by atoms with E-state index in [2.05, 4.69) is 4.98 Å². The van der Waals surface area contributed by atoms with Crippen LogP contribution in [0.25, 0.3) is 16.8 Å². The van der Waals surface area contributed by atoms with E-state index < -0.39 is 5.97 Å². The van der Waals surface area contributed by atoms with E-state index in [9.17, 15) is 9.59 Å². The van der Waals surface area contributed by atoms with Crippen LogP contribution in [0.4, 0.5) is 0 Å². The van der Waals surface area contributed by atoms with Crippen molar-refractivity contribution in [2.45, 2.75) is 26.8 Å². The van der Waals surface area contributed by atoms with E-state index in [0.29, 0.717) is 34.5 Å². The van der Waals surface area contributed by atoms with Crippen molar-refractivity contribution in [3.05, 3.63) is 45.9 Å². The quantitative estimate of drug-likeness (QED) is 0.793. The van der Waals surface area contributed by atoms with Gasteiger partial charge >= 0.3 is 5.97 Å². The van der Waals surface area contributed by atoms with Crippen LogP contribution in [0.15, 0.2) is 29.1 Å². The number of aliphatic carboxylic acids is 1. The molecule has 21 heavy (non-hydrogen) atoms. The van der Waals surface area contributed by atoms with Crippen LogP contribution in [0.1, 0.15) is 18.2 Å². The summed E-state index contributed by atoms with van der Waals surface area (Å²) in [5.74, 6) is -0.587. The number of nitrogens with zero attached hydrogens (tertiary/aromatic N) is 3. The smallest absolute Gasteiger partial charge is 0.323 e. The fourth-order valence-electron chi connectivity index (χ4n) is 2.73. The van der Waals surface area contributed by atoms with Gasteiger partial charge in [-0.05, 0) is 25.5 Å². The Morgan fingerprint density at radius 3 is 2.71 bits per heavy atom. The van der Waals surface area contributed by atoms with Crippen molar-refractivity contribution >= 4 is 22.8 Å². The zero-order valence-electron chi connectivity index (χ0n) is 11.8. The molecule has 0 unspecified atom stereocenters. The van der Waals surface area contributed by atoms with E-state index in [-0.39, 0.29) is 12.1 Å². The molecule has 0 fully saturated rings. The molecule has 0 radical (unpaired) electrons. The Morgan fingerprint density at radius 2 is 2.05 bits per heavy atom. The number of fused-ring (bicyclic) bond motifs is 3. The molecule has 6 nitrogen and oxygen atoms in total. The van der Waals surface area contributed by atoms with Crippen molar-refractivity contribution in [3.63, 3.8) is 0 Å². The van der Waals surface area contributed by atoms with Crippen molar-refractivity contribution in [2.75, 3.05) is 0 Å². The van der Waals surface area contributed by atoms with Crippen LogP contribution in [0.3, 0.4) is 0 Å². The Labute approximate surface area is 120 Å². The highest BCUT2D eigenvalue weighted by molar-refractivity contribution is 5.80. The van der Waals surface area contributed by atoms with Gasteiger partial charge in [0.1, 0.15) is 6.54 Å². The number of carbonyl (C=O) groups is 1. The van der Waals surface area contributed by atoms with Crippen LogP contribution in [-0.4, -0.2) is 25.0 Å². The summed E-state index contributed by atoms with van der Waals surface area (Å²) < 4.78 is 3.09. The van der Waals surface area contributed by atoms with Gasteiger partial charge in [-0.2, -0.15) is 0 Å². The molecule has 0 saturated heterocycles. The molecule has 0 aliphatic carbocycles. The number of benzene rings is 1. The van der Waals surface area contributed by atoms with Crippen LogP contribution in [0.2, 0.25) is 0 Å². The van der Waals surface area contributed by atoms with Gasteiger partial charge in [0.05, 0.1) is 11.0 Å². The van der Waals surface area contributed by atoms with Gasteiger partial charge in [0.25, 0.3) is 5.56 Å². The second-order valence-corrected chi connectivity index (χ2v) is 4.94. The first-order chi connectivity index (χ1) is 10.0. The summed E-state index contributed by atoms with van der Waals surface area (Å²) >= 11 is 0. The molecule has 0 saturated carbocycles. The molecule has 0 amide bonds. The number of carboxylic acids is 1. The van der Waals surface area contributed by atoms with Crippen molar-refractivity contribution in [3.8, 4) is 0 Å². The van der Waals surface area contributed by atoms with Gasteiger partial charge in [-0.25, -0.2) is 9.38 Å². The molecular weight excluding hydrogens is 270 g/mol. The van der Waals surface area contributed by atoms with Gasteiger partial charge < -0.3 is 9.67 Å². The van der Waals surface area contributed by atoms with E-state index >= 15 is 0 Å². The number of hydrogen-bond donors (Lipinski definition) is 1. The van der Waals surface area contributed by atoms with Crippen molar-refractivity contribution in [2.24, 2.45) is 0 Å². The first-order valence-electron chi connectivity index (χ1n) is 6.75. The molecule has 1 N–H and O–H groups in total. The summed E-state index contributed by atoms with van der Waals surface area (Å²) in [5.41, 5.74) is 2.53. The Balaban J connectivity index is 2.55. The third-order valence-corrected chi connectivity index (χ3v) is 3.73. The summed E-state index contributed by atoms with van der Waals surface area (Å²) in [4.78, 5) is 28.2. The van der Waals surface area contributed by atoms with E-state index in [1.165, 1.54) is 4.40 Å². The monoisotopic (exact) mass is 285 g/mol. The Morgan fingerprint density at radius 1 is 1.33 bits per heavy atom. The molecule has 0 aliphatic heterocycles. The van der Waals surface area contributed by atoms with Gasteiger partial charge in [0.2, 0.25) is 5.78 Å². The molecule has 1 aromatic carbocycles. The average Bonchev–Trinajstić information content (AvgIpc) is 2.83. The topological polar surface area (TPSA) is 76.6 Å². The molecule has 3 rings (SSSR count). The summed E-state index contributed by atoms with van der Waals surface area (Å²) in [7, 11) is 0. The molecule has 2 heterocycles. The first kappa shape index (κ1) is 13.4. The maximum atomic E-state index is 12.7. The maximum absolute atomic E-state index is 12.7. The van der Waals surface area contributed by atoms with Crippen molar-refractivity contribution in [1.82, 2.24) is 14.0 Å². The molecular formula is C15H15N3O3. The van der Waals surface area contributed by atoms with Crippen molar-refractivity contribution < 1.29 is 9.90 Å². The molecule has 0 atom stereocenters. The predicted octanol–water partition coefficient (Wildman–Crippen LogP) is 1.60. The highest BCUT2D eigenvalue weighted by atomic mass is 16.4. The minimum Gasteiger partial charge on any atom is -0.480 e.